The van der Waals surface area contributed by atoms with E-state index < -0.39 is 5.91 Å². The average molecular weight is 387 g/mol. The minimum absolute atomic E-state index is 0.464. The number of carbonyl (C=O) groups is 1. The molecule has 0 fully saturated rings. The second-order valence-electron chi connectivity index (χ2n) is 6.65. The highest BCUT2D eigenvalue weighted by molar-refractivity contribution is 6.06. The highest BCUT2D eigenvalue weighted by Gasteiger charge is 2.16. The Morgan fingerprint density at radius 3 is 2.69 bits per heavy atom. The topological polar surface area (TPSA) is 95.1 Å². The first-order valence-electron chi connectivity index (χ1n) is 9.18. The number of nitrogens with two attached hydrogens (primary N) is 1. The van der Waals surface area contributed by atoms with Gasteiger partial charge in [0.2, 0.25) is 11.9 Å². The van der Waals surface area contributed by atoms with Crippen LogP contribution in [0, 0.1) is 6.92 Å². The van der Waals surface area contributed by atoms with Crippen LogP contribution in [-0.2, 0) is 6.54 Å². The van der Waals surface area contributed by atoms with Crippen LogP contribution in [0.3, 0.4) is 0 Å². The van der Waals surface area contributed by atoms with Gasteiger partial charge in [0.25, 0.3) is 0 Å². The van der Waals surface area contributed by atoms with Gasteiger partial charge in [-0.2, -0.15) is 4.98 Å². The lowest BCUT2D eigenvalue weighted by Crippen LogP contribution is -2.11. The van der Waals surface area contributed by atoms with Gasteiger partial charge in [-0.3, -0.25) is 9.36 Å². The number of amides is 1. The summed E-state index contributed by atoms with van der Waals surface area (Å²) < 4.78 is 7.31. The van der Waals surface area contributed by atoms with Gasteiger partial charge in [0.05, 0.1) is 18.8 Å². The molecule has 2 aromatic heterocycles. The number of fused-ring (bicyclic) bond motifs is 1. The summed E-state index contributed by atoms with van der Waals surface area (Å²) >= 11 is 0. The molecule has 0 bridgehead atoms. The van der Waals surface area contributed by atoms with Crippen molar-refractivity contribution in [1.82, 2.24) is 14.5 Å². The van der Waals surface area contributed by atoms with Crippen LogP contribution in [0.5, 0.6) is 5.75 Å². The zero-order valence-corrected chi connectivity index (χ0v) is 16.2. The van der Waals surface area contributed by atoms with Crippen LogP contribution in [0.2, 0.25) is 0 Å². The van der Waals surface area contributed by atoms with Crippen LogP contribution in [0.25, 0.3) is 16.9 Å². The smallest absolute Gasteiger partial charge is 0.249 e. The molecule has 0 unspecified atom stereocenters. The largest absolute Gasteiger partial charge is 0.491 e. The van der Waals surface area contributed by atoms with E-state index >= 15 is 0 Å². The van der Waals surface area contributed by atoms with E-state index in [9.17, 15) is 4.79 Å². The molecule has 3 N–H and O–H groups in total. The van der Waals surface area contributed by atoms with Crippen molar-refractivity contribution < 1.29 is 9.53 Å². The zero-order chi connectivity index (χ0) is 20.4. The van der Waals surface area contributed by atoms with E-state index in [1.165, 1.54) is 0 Å². The fraction of sp³-hybridized carbons (Fsp3) is 0.136. The molecule has 0 aliphatic carbocycles. The van der Waals surface area contributed by atoms with Crippen molar-refractivity contribution in [2.24, 2.45) is 5.73 Å². The molecule has 1 amide bonds. The Bertz CT molecular complexity index is 1180. The van der Waals surface area contributed by atoms with Gasteiger partial charge in [0.1, 0.15) is 0 Å². The van der Waals surface area contributed by atoms with Gasteiger partial charge < -0.3 is 15.8 Å². The number of nitrogens with one attached hydrogen (secondary N) is 1. The molecular formula is C22H21N5O2. The Balaban J connectivity index is 1.77. The minimum atomic E-state index is -0.464. The molecule has 29 heavy (non-hydrogen) atoms. The summed E-state index contributed by atoms with van der Waals surface area (Å²) in [6, 6.07) is 17.4. The third kappa shape index (κ3) is 3.50. The Labute approximate surface area is 168 Å². The number of hydrogen-bond donors (Lipinski definition) is 2. The fourth-order valence-electron chi connectivity index (χ4n) is 3.37. The molecule has 0 saturated heterocycles. The lowest BCUT2D eigenvalue weighted by molar-refractivity contribution is 0.100. The molecule has 146 valence electrons. The van der Waals surface area contributed by atoms with Gasteiger partial charge in [-0.05, 0) is 30.7 Å². The number of aromatic nitrogens is 3. The Morgan fingerprint density at radius 2 is 1.97 bits per heavy atom. The minimum Gasteiger partial charge on any atom is -0.491 e. The maximum absolute atomic E-state index is 11.8. The summed E-state index contributed by atoms with van der Waals surface area (Å²) in [5.41, 5.74) is 8.84. The summed E-state index contributed by atoms with van der Waals surface area (Å²) in [4.78, 5) is 20.9. The lowest BCUT2D eigenvalue weighted by Gasteiger charge is -2.13. The maximum Gasteiger partial charge on any atom is 0.249 e. The number of carbonyl (C=O) groups excluding carboxylic acids is 1. The van der Waals surface area contributed by atoms with Crippen LogP contribution in [0.15, 0.2) is 60.8 Å². The number of primary amides is 1. The van der Waals surface area contributed by atoms with Gasteiger partial charge in [-0.25, -0.2) is 4.98 Å². The van der Waals surface area contributed by atoms with Crippen LogP contribution < -0.4 is 15.8 Å². The normalized spacial score (nSPS) is 10.8. The molecule has 0 atom stereocenters. The van der Waals surface area contributed by atoms with Crippen LogP contribution >= 0.6 is 0 Å². The van der Waals surface area contributed by atoms with Crippen molar-refractivity contribution in [3.8, 4) is 11.7 Å². The van der Waals surface area contributed by atoms with E-state index in [0.29, 0.717) is 29.6 Å². The molecule has 2 aromatic carbocycles. The monoisotopic (exact) mass is 387 g/mol. The molecular weight excluding hydrogens is 366 g/mol. The third-order valence-electron chi connectivity index (χ3n) is 4.76. The van der Waals surface area contributed by atoms with Crippen molar-refractivity contribution >= 4 is 22.6 Å². The Hall–Kier alpha value is -3.87. The van der Waals surface area contributed by atoms with Crippen molar-refractivity contribution in [3.63, 3.8) is 0 Å². The first-order chi connectivity index (χ1) is 14.1. The molecule has 4 rings (SSSR count). The fourth-order valence-corrected chi connectivity index (χ4v) is 3.37. The number of rotatable bonds is 6. The van der Waals surface area contributed by atoms with E-state index in [1.807, 2.05) is 54.0 Å². The lowest BCUT2D eigenvalue weighted by atomic mass is 10.1. The van der Waals surface area contributed by atoms with E-state index in [2.05, 4.69) is 15.3 Å². The van der Waals surface area contributed by atoms with E-state index in [0.717, 1.165) is 22.2 Å². The highest BCUT2D eigenvalue weighted by Crippen LogP contribution is 2.28. The molecule has 0 aliphatic rings. The number of anilines is 1. The first kappa shape index (κ1) is 18.5. The molecule has 0 aliphatic heterocycles. The average Bonchev–Trinajstić information content (AvgIpc) is 3.08. The van der Waals surface area contributed by atoms with E-state index in [1.54, 1.807) is 25.4 Å². The predicted octanol–water partition coefficient (Wildman–Crippen LogP) is 3.45. The quantitative estimate of drug-likeness (QED) is 0.528. The van der Waals surface area contributed by atoms with Gasteiger partial charge in [-0.15, -0.1) is 0 Å². The molecule has 7 nitrogen and oxygen atoms in total. The van der Waals surface area contributed by atoms with Crippen LogP contribution in [-0.4, -0.2) is 27.6 Å². The Morgan fingerprint density at radius 1 is 1.17 bits per heavy atom. The standard InChI is InChI=1S/C22H21N5O2/c1-14-11-17-16(20(23)28)9-6-10-18(17)27(14)22-25-13-19(29-2)21(26-22)24-12-15-7-4-3-5-8-15/h3-11,13H,12H2,1-2H3,(H2,23,28)(H,24,25,26). The maximum atomic E-state index is 11.8. The predicted molar refractivity (Wildman–Crippen MR) is 112 cm³/mol. The number of nitrogens with zero attached hydrogens (tertiary/aromatic N) is 3. The summed E-state index contributed by atoms with van der Waals surface area (Å²) in [6.45, 7) is 2.54. The van der Waals surface area contributed by atoms with Gasteiger partial charge in [-0.1, -0.05) is 36.4 Å². The SMILES string of the molecule is COc1cnc(-n2c(C)cc3c(C(N)=O)cccc32)nc1NCc1ccccc1. The molecule has 0 radical (unpaired) electrons. The third-order valence-corrected chi connectivity index (χ3v) is 4.76. The van der Waals surface area contributed by atoms with Crippen molar-refractivity contribution in [2.45, 2.75) is 13.5 Å². The van der Waals surface area contributed by atoms with Gasteiger partial charge >= 0.3 is 0 Å². The second kappa shape index (κ2) is 7.63. The van der Waals surface area contributed by atoms with Crippen molar-refractivity contribution in [3.05, 3.63) is 77.6 Å². The first-order valence-corrected chi connectivity index (χ1v) is 9.18. The molecule has 4 aromatic rings. The number of aryl methyl sites for hydroxylation is 1. The zero-order valence-electron chi connectivity index (χ0n) is 16.2. The second-order valence-corrected chi connectivity index (χ2v) is 6.65. The number of ether oxygens (including phenoxy) is 1. The molecule has 0 saturated carbocycles. The van der Waals surface area contributed by atoms with Crippen LogP contribution in [0.1, 0.15) is 21.6 Å². The number of methoxy groups -OCH3 is 1. The van der Waals surface area contributed by atoms with E-state index in [-0.39, 0.29) is 0 Å². The van der Waals surface area contributed by atoms with Gasteiger partial charge in [0.15, 0.2) is 11.6 Å². The summed E-state index contributed by atoms with van der Waals surface area (Å²) in [5.74, 6) is 1.16. The summed E-state index contributed by atoms with van der Waals surface area (Å²) in [5, 5.41) is 4.09. The van der Waals surface area contributed by atoms with E-state index in [4.69, 9.17) is 10.5 Å². The summed E-state index contributed by atoms with van der Waals surface area (Å²) in [6.07, 6.45) is 1.64. The van der Waals surface area contributed by atoms with Gasteiger partial charge in [0, 0.05) is 23.2 Å². The summed E-state index contributed by atoms with van der Waals surface area (Å²) in [7, 11) is 1.58. The number of benzene rings is 2. The van der Waals surface area contributed by atoms with Crippen molar-refractivity contribution in [2.75, 3.05) is 12.4 Å². The van der Waals surface area contributed by atoms with Crippen LogP contribution in [0.4, 0.5) is 5.82 Å². The highest BCUT2D eigenvalue weighted by atomic mass is 16.5. The Kier molecular flexibility index (Phi) is 4.87. The molecule has 2 heterocycles. The number of hydrogen-bond acceptors (Lipinski definition) is 5. The molecule has 7 heteroatoms. The molecule has 0 spiro atoms. The van der Waals surface area contributed by atoms with Crippen molar-refractivity contribution in [1.29, 1.82) is 0 Å².